The SMILES string of the molecule is CN1CC(C#Cc2ccnn2C)=C(c2ccc(C#N)c(F)c2)N=C1N1CCC(N)CC1. The van der Waals surface area contributed by atoms with Gasteiger partial charge in [0.2, 0.25) is 5.96 Å². The Morgan fingerprint density at radius 2 is 1.94 bits per heavy atom. The number of nitriles is 1. The quantitative estimate of drug-likeness (QED) is 0.717. The summed E-state index contributed by atoms with van der Waals surface area (Å²) in [5.74, 6) is 6.62. The number of likely N-dealkylation sites (tertiary alicyclic amines) is 1. The predicted octanol–water partition coefficient (Wildman–Crippen LogP) is 1.92. The van der Waals surface area contributed by atoms with Gasteiger partial charge in [0.1, 0.15) is 17.6 Å². The van der Waals surface area contributed by atoms with Gasteiger partial charge in [-0.2, -0.15) is 10.4 Å². The van der Waals surface area contributed by atoms with Crippen molar-refractivity contribution in [3.63, 3.8) is 0 Å². The van der Waals surface area contributed by atoms with Gasteiger partial charge in [-0.3, -0.25) is 4.68 Å². The molecule has 3 heterocycles. The van der Waals surface area contributed by atoms with Crippen LogP contribution in [0.1, 0.15) is 29.7 Å². The number of hydrogen-bond acceptors (Lipinski definition) is 6. The van der Waals surface area contributed by atoms with Gasteiger partial charge < -0.3 is 15.5 Å². The number of aryl methyl sites for hydroxylation is 1. The smallest absolute Gasteiger partial charge is 0.201 e. The minimum Gasteiger partial charge on any atom is -0.342 e. The van der Waals surface area contributed by atoms with Crippen LogP contribution in [-0.4, -0.2) is 58.3 Å². The molecule has 2 N–H and O–H groups in total. The fourth-order valence-electron chi connectivity index (χ4n) is 3.77. The first-order valence-corrected chi connectivity index (χ1v) is 10.2. The van der Waals surface area contributed by atoms with Crippen LogP contribution >= 0.6 is 0 Å². The first kappa shape index (κ1) is 20.6. The first-order chi connectivity index (χ1) is 15.0. The summed E-state index contributed by atoms with van der Waals surface area (Å²) < 4.78 is 16.1. The Hall–Kier alpha value is -3.62. The van der Waals surface area contributed by atoms with E-state index in [-0.39, 0.29) is 11.6 Å². The normalized spacial score (nSPS) is 17.2. The van der Waals surface area contributed by atoms with Crippen molar-refractivity contribution >= 4 is 11.7 Å². The molecular weight excluding hydrogens is 393 g/mol. The van der Waals surface area contributed by atoms with E-state index in [1.807, 2.05) is 26.2 Å². The van der Waals surface area contributed by atoms with Crippen molar-refractivity contribution in [3.05, 3.63) is 58.7 Å². The third kappa shape index (κ3) is 4.30. The Balaban J connectivity index is 1.79. The van der Waals surface area contributed by atoms with Gasteiger partial charge in [0.25, 0.3) is 0 Å². The highest BCUT2D eigenvalue weighted by Gasteiger charge is 2.27. The molecule has 31 heavy (non-hydrogen) atoms. The van der Waals surface area contributed by atoms with Gasteiger partial charge in [-0.15, -0.1) is 0 Å². The van der Waals surface area contributed by atoms with Crippen LogP contribution in [0.3, 0.4) is 0 Å². The van der Waals surface area contributed by atoms with E-state index in [2.05, 4.69) is 26.7 Å². The standard InChI is InChI=1S/C23H24FN7/c1-29-15-18(5-6-20-7-10-27-30(20)2)22(16-3-4-17(14-25)21(24)13-16)28-23(29)31-11-8-19(26)9-12-31/h3-4,7,10,13,19H,8-9,11-12,15,26H2,1-2H3. The summed E-state index contributed by atoms with van der Waals surface area (Å²) >= 11 is 0. The third-order valence-corrected chi connectivity index (χ3v) is 5.58. The number of halogens is 1. The number of likely N-dealkylation sites (N-methyl/N-ethyl adjacent to an activating group) is 1. The molecule has 0 bridgehead atoms. The Morgan fingerprint density at radius 3 is 2.58 bits per heavy atom. The zero-order valence-corrected chi connectivity index (χ0v) is 17.6. The predicted molar refractivity (Wildman–Crippen MR) is 117 cm³/mol. The molecule has 0 aliphatic carbocycles. The van der Waals surface area contributed by atoms with E-state index in [0.717, 1.165) is 43.2 Å². The summed E-state index contributed by atoms with van der Waals surface area (Å²) in [6.07, 6.45) is 3.51. The molecule has 158 valence electrons. The van der Waals surface area contributed by atoms with E-state index < -0.39 is 5.82 Å². The lowest BCUT2D eigenvalue weighted by Crippen LogP contribution is -2.50. The molecular formula is C23H24FN7. The maximum atomic E-state index is 14.4. The van der Waals surface area contributed by atoms with Crippen molar-refractivity contribution in [2.45, 2.75) is 18.9 Å². The second-order valence-corrected chi connectivity index (χ2v) is 7.82. The highest BCUT2D eigenvalue weighted by molar-refractivity contribution is 5.91. The minimum absolute atomic E-state index is 0.00835. The Bertz CT molecular complexity index is 1150. The van der Waals surface area contributed by atoms with Crippen molar-refractivity contribution in [3.8, 4) is 17.9 Å². The first-order valence-electron chi connectivity index (χ1n) is 10.2. The Kier molecular flexibility index (Phi) is 5.75. The van der Waals surface area contributed by atoms with Crippen molar-refractivity contribution in [2.75, 3.05) is 26.7 Å². The number of piperidine rings is 1. The third-order valence-electron chi connectivity index (χ3n) is 5.58. The molecule has 2 aliphatic rings. The Labute approximate surface area is 181 Å². The average molecular weight is 417 g/mol. The fourth-order valence-corrected chi connectivity index (χ4v) is 3.77. The molecule has 1 aromatic carbocycles. The second-order valence-electron chi connectivity index (χ2n) is 7.82. The molecule has 0 atom stereocenters. The van der Waals surface area contributed by atoms with Crippen molar-refractivity contribution in [1.29, 1.82) is 5.26 Å². The van der Waals surface area contributed by atoms with E-state index in [0.29, 0.717) is 17.8 Å². The molecule has 1 fully saturated rings. The molecule has 0 saturated carbocycles. The lowest BCUT2D eigenvalue weighted by molar-refractivity contribution is 0.281. The van der Waals surface area contributed by atoms with Gasteiger partial charge in [-0.25, -0.2) is 9.38 Å². The number of aliphatic imine (C=N–C) groups is 1. The van der Waals surface area contributed by atoms with Crippen LogP contribution in [0, 0.1) is 29.0 Å². The number of hydrogen-bond donors (Lipinski definition) is 1. The maximum absolute atomic E-state index is 14.4. The highest BCUT2D eigenvalue weighted by atomic mass is 19.1. The molecule has 8 heteroatoms. The number of nitrogens with zero attached hydrogens (tertiary/aromatic N) is 6. The van der Waals surface area contributed by atoms with E-state index in [9.17, 15) is 4.39 Å². The molecule has 7 nitrogen and oxygen atoms in total. The molecule has 1 aromatic heterocycles. The Morgan fingerprint density at radius 1 is 1.16 bits per heavy atom. The van der Waals surface area contributed by atoms with Gasteiger partial charge in [0.15, 0.2) is 0 Å². The highest BCUT2D eigenvalue weighted by Crippen LogP contribution is 2.28. The lowest BCUT2D eigenvalue weighted by Gasteiger charge is -2.38. The topological polar surface area (TPSA) is 86.5 Å². The number of aromatic nitrogens is 2. The van der Waals surface area contributed by atoms with E-state index in [1.54, 1.807) is 16.9 Å². The van der Waals surface area contributed by atoms with Gasteiger partial charge in [-0.05, 0) is 37.0 Å². The van der Waals surface area contributed by atoms with Gasteiger partial charge >= 0.3 is 0 Å². The molecule has 0 unspecified atom stereocenters. The largest absolute Gasteiger partial charge is 0.342 e. The summed E-state index contributed by atoms with van der Waals surface area (Å²) in [6.45, 7) is 2.20. The molecule has 0 radical (unpaired) electrons. The van der Waals surface area contributed by atoms with Crippen molar-refractivity contribution in [2.24, 2.45) is 17.8 Å². The average Bonchev–Trinajstić information content (AvgIpc) is 3.17. The molecule has 2 aliphatic heterocycles. The number of nitrogens with two attached hydrogens (primary N) is 1. The summed E-state index contributed by atoms with van der Waals surface area (Å²) in [4.78, 5) is 9.20. The van der Waals surface area contributed by atoms with Crippen LogP contribution in [0.4, 0.5) is 4.39 Å². The zero-order chi connectivity index (χ0) is 22.0. The number of rotatable bonds is 1. The van der Waals surface area contributed by atoms with E-state index in [1.165, 1.54) is 12.1 Å². The second kappa shape index (κ2) is 8.63. The molecule has 0 spiro atoms. The lowest BCUT2D eigenvalue weighted by atomic mass is 10.0. The van der Waals surface area contributed by atoms with E-state index >= 15 is 0 Å². The van der Waals surface area contributed by atoms with Gasteiger partial charge in [0.05, 0.1) is 24.0 Å². The van der Waals surface area contributed by atoms with Crippen LogP contribution in [0.25, 0.3) is 5.70 Å². The van der Waals surface area contributed by atoms with Crippen LogP contribution in [-0.2, 0) is 7.05 Å². The van der Waals surface area contributed by atoms with E-state index in [4.69, 9.17) is 16.0 Å². The van der Waals surface area contributed by atoms with Crippen LogP contribution in [0.15, 0.2) is 41.0 Å². The summed E-state index contributed by atoms with van der Waals surface area (Å²) in [5, 5.41) is 13.2. The summed E-state index contributed by atoms with van der Waals surface area (Å²) in [7, 11) is 3.81. The number of benzene rings is 1. The zero-order valence-electron chi connectivity index (χ0n) is 17.6. The summed E-state index contributed by atoms with van der Waals surface area (Å²) in [5.41, 5.74) is 8.86. The molecule has 0 amide bonds. The van der Waals surface area contributed by atoms with Gasteiger partial charge in [0, 0.05) is 44.4 Å². The number of guanidine groups is 1. The molecule has 2 aromatic rings. The minimum atomic E-state index is -0.564. The molecule has 1 saturated heterocycles. The van der Waals surface area contributed by atoms with Gasteiger partial charge in [-0.1, -0.05) is 12.0 Å². The summed E-state index contributed by atoms with van der Waals surface area (Å²) in [6, 6.07) is 8.49. The van der Waals surface area contributed by atoms with Crippen LogP contribution in [0.2, 0.25) is 0 Å². The fraction of sp³-hybridized carbons (Fsp3) is 0.348. The van der Waals surface area contributed by atoms with Crippen LogP contribution in [0.5, 0.6) is 0 Å². The van der Waals surface area contributed by atoms with Crippen LogP contribution < -0.4 is 5.73 Å². The monoisotopic (exact) mass is 417 g/mol. The maximum Gasteiger partial charge on any atom is 0.201 e. The van der Waals surface area contributed by atoms with Crippen molar-refractivity contribution in [1.82, 2.24) is 19.6 Å². The van der Waals surface area contributed by atoms with Crippen molar-refractivity contribution < 1.29 is 4.39 Å². The molecule has 4 rings (SSSR count).